The summed E-state index contributed by atoms with van der Waals surface area (Å²) in [6.45, 7) is 0. The van der Waals surface area contributed by atoms with Gasteiger partial charge in [-0.2, -0.15) is 25.2 Å². The van der Waals surface area contributed by atoms with Crippen LogP contribution in [-0.4, -0.2) is 33.3 Å². The number of hydrogen-bond donors (Lipinski definition) is 1. The van der Waals surface area contributed by atoms with Gasteiger partial charge in [0.1, 0.15) is 17.2 Å². The van der Waals surface area contributed by atoms with Gasteiger partial charge < -0.3 is 14.6 Å². The van der Waals surface area contributed by atoms with Crippen LogP contribution < -0.4 is 9.47 Å². The van der Waals surface area contributed by atoms with E-state index >= 15 is 0 Å². The lowest BCUT2D eigenvalue weighted by Gasteiger charge is -2.39. The summed E-state index contributed by atoms with van der Waals surface area (Å²) in [6, 6.07) is 16.9. The Kier molecular flexibility index (Phi) is 6.63. The molecule has 6 nitrogen and oxygen atoms in total. The normalized spacial score (nSPS) is 12.9. The van der Waals surface area contributed by atoms with E-state index in [1.807, 2.05) is 0 Å². The number of halogens is 3. The van der Waals surface area contributed by atoms with Crippen molar-refractivity contribution >= 4 is 20.4 Å². The zero-order chi connectivity index (χ0) is 23.6. The highest BCUT2D eigenvalue weighted by Gasteiger charge is 2.52. The molecule has 0 aliphatic rings. The van der Waals surface area contributed by atoms with Crippen molar-refractivity contribution in [2.45, 2.75) is 20.2 Å². The van der Waals surface area contributed by atoms with Gasteiger partial charge in [0, 0.05) is 14.7 Å². The van der Waals surface area contributed by atoms with E-state index in [0.29, 0.717) is 11.5 Å². The first kappa shape index (κ1) is 23.8. The van der Waals surface area contributed by atoms with Crippen LogP contribution in [0.5, 0.6) is 17.2 Å². The molecule has 0 aliphatic heterocycles. The minimum atomic E-state index is -6.03. The summed E-state index contributed by atoms with van der Waals surface area (Å²) in [7, 11) is -6.66. The molecule has 11 heteroatoms. The van der Waals surface area contributed by atoms with Crippen LogP contribution in [0.1, 0.15) is 0 Å². The number of methoxy groups -OCH3 is 2. The number of aromatic hydroxyl groups is 1. The zero-order valence-corrected chi connectivity index (χ0v) is 18.5. The van der Waals surface area contributed by atoms with Gasteiger partial charge in [-0.3, -0.25) is 0 Å². The van der Waals surface area contributed by atoms with Gasteiger partial charge in [0.15, 0.2) is 0 Å². The first-order valence-electron chi connectivity index (χ1n) is 8.96. The van der Waals surface area contributed by atoms with Gasteiger partial charge in [0.05, 0.1) is 14.2 Å². The van der Waals surface area contributed by atoms with E-state index in [1.165, 1.54) is 87.0 Å². The molecule has 0 bridgehead atoms. The van der Waals surface area contributed by atoms with E-state index in [-0.39, 0.29) is 20.4 Å². The molecule has 0 aliphatic carbocycles. The molecular weight excluding hydrogens is 469 g/mol. The van der Waals surface area contributed by atoms with Crippen molar-refractivity contribution in [1.29, 1.82) is 0 Å². The van der Waals surface area contributed by atoms with Gasteiger partial charge >= 0.3 is 15.6 Å². The summed E-state index contributed by atoms with van der Waals surface area (Å²) in [4.78, 5) is 0.461. The van der Waals surface area contributed by atoms with Crippen LogP contribution >= 0.6 is 10.3 Å². The minimum absolute atomic E-state index is 0.124. The molecule has 0 atom stereocenters. The molecule has 32 heavy (non-hydrogen) atoms. The molecular formula is C21H19F3O6S2. The molecule has 0 spiro atoms. The maximum Gasteiger partial charge on any atom is 0.524 e. The topological polar surface area (TPSA) is 82.1 Å². The van der Waals surface area contributed by atoms with Crippen molar-refractivity contribution in [3.05, 3.63) is 72.8 Å². The van der Waals surface area contributed by atoms with E-state index in [4.69, 9.17) is 13.1 Å². The number of phenolic OH excluding ortho intramolecular Hbond substituents is 1. The average Bonchev–Trinajstić information content (AvgIpc) is 2.77. The summed E-state index contributed by atoms with van der Waals surface area (Å²) in [5.74, 6) is 0.688. The fraction of sp³-hybridized carbons (Fsp3) is 0.143. The van der Waals surface area contributed by atoms with E-state index in [0.717, 1.165) is 0 Å². The van der Waals surface area contributed by atoms with E-state index in [9.17, 15) is 26.7 Å². The van der Waals surface area contributed by atoms with Crippen LogP contribution in [0.15, 0.2) is 87.5 Å². The van der Waals surface area contributed by atoms with Gasteiger partial charge in [-0.25, -0.2) is 0 Å². The Morgan fingerprint density at radius 2 is 1.03 bits per heavy atom. The van der Waals surface area contributed by atoms with E-state index in [2.05, 4.69) is 0 Å². The lowest BCUT2D eigenvalue weighted by molar-refractivity contribution is -0.0496. The van der Waals surface area contributed by atoms with Crippen molar-refractivity contribution in [2.24, 2.45) is 0 Å². The largest absolute Gasteiger partial charge is 0.524 e. The number of phenols is 1. The molecule has 0 aromatic heterocycles. The fourth-order valence-electron chi connectivity index (χ4n) is 2.87. The number of benzene rings is 3. The molecule has 3 aromatic carbocycles. The summed E-state index contributed by atoms with van der Waals surface area (Å²) >= 11 is 0. The third-order valence-corrected chi connectivity index (χ3v) is 9.33. The smallest absolute Gasteiger partial charge is 0.508 e. The predicted molar refractivity (Wildman–Crippen MR) is 113 cm³/mol. The average molecular weight is 489 g/mol. The molecule has 172 valence electrons. The maximum absolute atomic E-state index is 13.4. The van der Waals surface area contributed by atoms with Crippen molar-refractivity contribution in [1.82, 2.24) is 0 Å². The summed E-state index contributed by atoms with van der Waals surface area (Å²) in [5, 5.41) is 9.70. The van der Waals surface area contributed by atoms with Crippen LogP contribution in [-0.2, 0) is 13.7 Å². The molecule has 0 heterocycles. The van der Waals surface area contributed by atoms with Gasteiger partial charge in [-0.15, -0.1) is 0 Å². The quantitative estimate of drug-likeness (QED) is 0.444. The molecule has 3 aromatic rings. The maximum atomic E-state index is 13.4. The summed E-state index contributed by atoms with van der Waals surface area (Å²) in [6.07, 6.45) is 0. The first-order chi connectivity index (χ1) is 15.0. The molecule has 0 unspecified atom stereocenters. The Bertz CT molecular complexity index is 1110. The second-order valence-electron chi connectivity index (χ2n) is 6.37. The van der Waals surface area contributed by atoms with Crippen LogP contribution in [0, 0.1) is 0 Å². The SMILES string of the molecule is COc1ccc(S(OS(=O)(=O)C(F)(F)F)(c2ccc(O)cc2)c2ccc(OC)cc2)cc1. The van der Waals surface area contributed by atoms with Gasteiger partial charge in [0.25, 0.3) is 0 Å². The lowest BCUT2D eigenvalue weighted by Crippen LogP contribution is -2.27. The fourth-order valence-corrected chi connectivity index (χ4v) is 7.57. The second kappa shape index (κ2) is 8.93. The number of alkyl halides is 3. The van der Waals surface area contributed by atoms with E-state index < -0.39 is 25.9 Å². The Labute approximate surface area is 184 Å². The van der Waals surface area contributed by atoms with Crippen LogP contribution in [0.3, 0.4) is 0 Å². The van der Waals surface area contributed by atoms with Crippen LogP contribution in [0.2, 0.25) is 0 Å². The lowest BCUT2D eigenvalue weighted by atomic mass is 10.3. The first-order valence-corrected chi connectivity index (χ1v) is 11.9. The van der Waals surface area contributed by atoms with Crippen LogP contribution in [0.4, 0.5) is 13.2 Å². The highest BCUT2D eigenvalue weighted by Crippen LogP contribution is 2.70. The molecule has 0 saturated heterocycles. The Morgan fingerprint density at radius 1 is 0.688 bits per heavy atom. The standard InChI is InChI=1S/C21H19F3O6S2/c1-28-16-5-11-19(12-6-16)31(18-9-3-15(25)4-10-18,30-32(26,27)21(22,23)24)20-13-7-17(29-2)8-14-20/h3-14,25H,1-2H3. The van der Waals surface area contributed by atoms with Gasteiger partial charge in [0.2, 0.25) is 0 Å². The number of hydrogen-bond acceptors (Lipinski definition) is 6. The molecule has 0 amide bonds. The summed E-state index contributed by atoms with van der Waals surface area (Å²) in [5.41, 5.74) is -5.65. The molecule has 0 saturated carbocycles. The molecule has 1 N–H and O–H groups in total. The Morgan fingerprint density at radius 3 is 1.34 bits per heavy atom. The Balaban J connectivity index is 2.38. The molecule has 0 fully saturated rings. The number of rotatable bonds is 7. The minimum Gasteiger partial charge on any atom is -0.508 e. The summed E-state index contributed by atoms with van der Waals surface area (Å²) < 4.78 is 80.2. The van der Waals surface area contributed by atoms with Gasteiger partial charge in [-0.1, -0.05) is 0 Å². The van der Waals surface area contributed by atoms with Crippen molar-refractivity contribution in [2.75, 3.05) is 14.2 Å². The highest BCUT2D eigenvalue weighted by molar-refractivity contribution is 8.33. The second-order valence-corrected chi connectivity index (χ2v) is 10.8. The monoisotopic (exact) mass is 488 g/mol. The van der Waals surface area contributed by atoms with Crippen molar-refractivity contribution < 1.29 is 39.8 Å². The predicted octanol–water partition coefficient (Wildman–Crippen LogP) is 5.47. The number of ether oxygens (including phenoxy) is 2. The highest BCUT2D eigenvalue weighted by atomic mass is 32.3. The van der Waals surface area contributed by atoms with Crippen molar-refractivity contribution in [3.63, 3.8) is 0 Å². The molecule has 3 rings (SSSR count). The third-order valence-electron chi connectivity index (χ3n) is 4.43. The van der Waals surface area contributed by atoms with Crippen molar-refractivity contribution in [3.8, 4) is 17.2 Å². The third kappa shape index (κ3) is 4.50. The van der Waals surface area contributed by atoms with Crippen LogP contribution in [0.25, 0.3) is 0 Å². The van der Waals surface area contributed by atoms with Gasteiger partial charge in [-0.05, 0) is 83.1 Å². The zero-order valence-electron chi connectivity index (χ0n) is 16.9. The Hall–Kier alpha value is -2.89. The molecule has 0 radical (unpaired) electrons. The van der Waals surface area contributed by atoms with E-state index in [1.54, 1.807) is 0 Å².